The summed E-state index contributed by atoms with van der Waals surface area (Å²) in [6.45, 7) is 4.04. The highest BCUT2D eigenvalue weighted by molar-refractivity contribution is 6.21. The summed E-state index contributed by atoms with van der Waals surface area (Å²) in [5, 5.41) is 25.1. The quantitative estimate of drug-likeness (QED) is 0.372. The van der Waals surface area contributed by atoms with E-state index in [9.17, 15) is 29.4 Å². The third kappa shape index (κ3) is 5.99. The van der Waals surface area contributed by atoms with E-state index >= 15 is 0 Å². The van der Waals surface area contributed by atoms with E-state index in [-0.39, 0.29) is 41.7 Å². The average Bonchev–Trinajstić information content (AvgIpc) is 3.03. The third-order valence-corrected chi connectivity index (χ3v) is 5.63. The van der Waals surface area contributed by atoms with Crippen LogP contribution in [0.15, 0.2) is 48.5 Å². The number of phenolic OH excluding ortho intramolecular Hbond substituents is 1. The topological polar surface area (TPSA) is 136 Å². The number of carbonyl (C=O) groups is 4. The maximum atomic E-state index is 12.8. The van der Waals surface area contributed by atoms with Gasteiger partial charge in [-0.2, -0.15) is 0 Å². The van der Waals surface area contributed by atoms with Crippen LogP contribution in [0.4, 0.5) is 0 Å². The van der Waals surface area contributed by atoms with Gasteiger partial charge < -0.3 is 15.5 Å². The van der Waals surface area contributed by atoms with Gasteiger partial charge in [-0.3, -0.25) is 29.4 Å². The molecule has 3 rings (SSSR count). The van der Waals surface area contributed by atoms with Gasteiger partial charge in [-0.1, -0.05) is 44.2 Å². The van der Waals surface area contributed by atoms with Crippen molar-refractivity contribution in [2.75, 3.05) is 6.54 Å². The van der Waals surface area contributed by atoms with E-state index in [1.165, 1.54) is 18.2 Å². The summed E-state index contributed by atoms with van der Waals surface area (Å²) in [7, 11) is 0. The molecule has 0 bridgehead atoms. The fourth-order valence-corrected chi connectivity index (χ4v) is 3.89. The molecule has 1 heterocycles. The number of hydrogen-bond donors (Lipinski definition) is 4. The predicted molar refractivity (Wildman–Crippen MR) is 124 cm³/mol. The van der Waals surface area contributed by atoms with Crippen molar-refractivity contribution in [1.29, 1.82) is 0 Å². The highest BCUT2D eigenvalue weighted by atomic mass is 16.4. The molecule has 2 unspecified atom stereocenters. The molecule has 0 aliphatic carbocycles. The van der Waals surface area contributed by atoms with Crippen LogP contribution >= 0.6 is 0 Å². The second-order valence-corrected chi connectivity index (χ2v) is 8.72. The van der Waals surface area contributed by atoms with Crippen LogP contribution < -0.4 is 10.6 Å². The zero-order chi connectivity index (χ0) is 24.8. The van der Waals surface area contributed by atoms with Gasteiger partial charge in [0.05, 0.1) is 17.2 Å². The molecule has 1 aliphatic heterocycles. The molecule has 2 aromatic carbocycles. The van der Waals surface area contributed by atoms with Crippen molar-refractivity contribution in [2.45, 2.75) is 45.3 Å². The molecule has 2 atom stereocenters. The summed E-state index contributed by atoms with van der Waals surface area (Å²) < 4.78 is 0. The highest BCUT2D eigenvalue weighted by Crippen LogP contribution is 2.26. The van der Waals surface area contributed by atoms with Crippen molar-refractivity contribution < 1.29 is 29.4 Å². The minimum absolute atomic E-state index is 0.0760. The average molecular weight is 468 g/mol. The number of amides is 3. The Hall–Kier alpha value is -3.72. The molecular formula is C25H29N3O6. The van der Waals surface area contributed by atoms with Gasteiger partial charge in [-0.25, -0.2) is 0 Å². The molecule has 1 aliphatic rings. The van der Waals surface area contributed by atoms with Gasteiger partial charge in [-0.15, -0.1) is 0 Å². The largest absolute Gasteiger partial charge is 0.508 e. The smallest absolute Gasteiger partial charge is 0.320 e. The van der Waals surface area contributed by atoms with Crippen LogP contribution in [-0.2, 0) is 16.1 Å². The number of nitrogens with one attached hydrogen (secondary N) is 2. The Morgan fingerprint density at radius 3 is 2.29 bits per heavy atom. The van der Waals surface area contributed by atoms with E-state index in [2.05, 4.69) is 10.6 Å². The Kier molecular flexibility index (Phi) is 8.01. The van der Waals surface area contributed by atoms with Crippen molar-refractivity contribution in [2.24, 2.45) is 5.92 Å². The normalized spacial score (nSPS) is 14.7. The Labute approximate surface area is 197 Å². The lowest BCUT2D eigenvalue weighted by atomic mass is 10.0. The van der Waals surface area contributed by atoms with Crippen molar-refractivity contribution >= 4 is 23.7 Å². The van der Waals surface area contributed by atoms with Crippen LogP contribution in [0.25, 0.3) is 0 Å². The number of fused-ring (bicyclic) bond motifs is 1. The molecular weight excluding hydrogens is 438 g/mol. The first-order valence-corrected chi connectivity index (χ1v) is 11.2. The SMILES string of the molecule is CC(C)CC(NC(CCN1C(=O)c2ccc(O)cc2C1=O)C(=O)O)C(=O)NCc1ccccc1. The molecule has 9 heteroatoms. The fraction of sp³-hybridized carbons (Fsp3) is 0.360. The summed E-state index contributed by atoms with van der Waals surface area (Å²) in [5.74, 6) is -2.63. The number of benzene rings is 2. The second-order valence-electron chi connectivity index (χ2n) is 8.72. The molecule has 34 heavy (non-hydrogen) atoms. The third-order valence-electron chi connectivity index (χ3n) is 5.63. The molecule has 9 nitrogen and oxygen atoms in total. The van der Waals surface area contributed by atoms with Crippen LogP contribution in [0, 0.1) is 5.92 Å². The van der Waals surface area contributed by atoms with Gasteiger partial charge in [0.15, 0.2) is 0 Å². The number of carboxylic acid groups (broad SMARTS) is 1. The van der Waals surface area contributed by atoms with Crippen LogP contribution in [0.1, 0.15) is 53.0 Å². The van der Waals surface area contributed by atoms with Crippen molar-refractivity contribution in [3.05, 3.63) is 65.2 Å². The maximum absolute atomic E-state index is 12.8. The minimum atomic E-state index is -1.18. The van der Waals surface area contributed by atoms with Crippen molar-refractivity contribution in [3.63, 3.8) is 0 Å². The standard InChI is InChI=1S/C25H29N3O6/c1-15(2)12-21(22(30)26-14-16-6-4-3-5-7-16)27-20(25(33)34)10-11-28-23(31)18-9-8-17(29)13-19(18)24(28)32/h3-9,13,15,20-21,27,29H,10-12,14H2,1-2H3,(H,26,30)(H,33,34). The molecule has 4 N–H and O–H groups in total. The lowest BCUT2D eigenvalue weighted by molar-refractivity contribution is -0.140. The minimum Gasteiger partial charge on any atom is -0.508 e. The number of hydrogen-bond acceptors (Lipinski definition) is 6. The number of aromatic hydroxyl groups is 1. The zero-order valence-corrected chi connectivity index (χ0v) is 19.2. The lowest BCUT2D eigenvalue weighted by Gasteiger charge is -2.25. The van der Waals surface area contributed by atoms with Gasteiger partial charge in [-0.05, 0) is 42.5 Å². The summed E-state index contributed by atoms with van der Waals surface area (Å²) in [6, 6.07) is 11.4. The Balaban J connectivity index is 1.65. The molecule has 0 aromatic heterocycles. The lowest BCUT2D eigenvalue weighted by Crippen LogP contribution is -2.52. The molecule has 0 fully saturated rings. The number of carbonyl (C=O) groups excluding carboxylic acids is 3. The first-order chi connectivity index (χ1) is 16.2. The van der Waals surface area contributed by atoms with E-state index in [0.717, 1.165) is 10.5 Å². The molecule has 3 amide bonds. The Morgan fingerprint density at radius 1 is 0.971 bits per heavy atom. The number of rotatable bonds is 11. The van der Waals surface area contributed by atoms with Gasteiger partial charge >= 0.3 is 5.97 Å². The van der Waals surface area contributed by atoms with Crippen LogP contribution in [0.2, 0.25) is 0 Å². The Bertz CT molecular complexity index is 1070. The Morgan fingerprint density at radius 2 is 1.65 bits per heavy atom. The molecule has 2 aromatic rings. The molecule has 180 valence electrons. The monoisotopic (exact) mass is 467 g/mol. The van der Waals surface area contributed by atoms with Crippen LogP contribution in [0.5, 0.6) is 5.75 Å². The van der Waals surface area contributed by atoms with E-state index in [1.807, 2.05) is 44.2 Å². The number of carboxylic acids is 1. The van der Waals surface area contributed by atoms with E-state index < -0.39 is 29.9 Å². The van der Waals surface area contributed by atoms with E-state index in [4.69, 9.17) is 0 Å². The summed E-state index contributed by atoms with van der Waals surface area (Å²) in [5.41, 5.74) is 1.18. The number of nitrogens with zero attached hydrogens (tertiary/aromatic N) is 1. The van der Waals surface area contributed by atoms with Gasteiger partial charge in [0, 0.05) is 13.1 Å². The van der Waals surface area contributed by atoms with Gasteiger partial charge in [0.2, 0.25) is 5.91 Å². The van der Waals surface area contributed by atoms with E-state index in [1.54, 1.807) is 0 Å². The van der Waals surface area contributed by atoms with E-state index in [0.29, 0.717) is 13.0 Å². The van der Waals surface area contributed by atoms with Crippen molar-refractivity contribution in [3.8, 4) is 5.75 Å². The fourth-order valence-electron chi connectivity index (χ4n) is 3.89. The number of imide groups is 1. The first kappa shape index (κ1) is 24.9. The summed E-state index contributed by atoms with van der Waals surface area (Å²) >= 11 is 0. The predicted octanol–water partition coefficient (Wildman–Crippen LogP) is 2.15. The zero-order valence-electron chi connectivity index (χ0n) is 19.2. The molecule has 0 saturated heterocycles. The van der Waals surface area contributed by atoms with Gasteiger partial charge in [0.1, 0.15) is 11.8 Å². The molecule has 0 spiro atoms. The second kappa shape index (κ2) is 10.9. The summed E-state index contributed by atoms with van der Waals surface area (Å²) in [4.78, 5) is 50.9. The van der Waals surface area contributed by atoms with Crippen LogP contribution in [0.3, 0.4) is 0 Å². The maximum Gasteiger partial charge on any atom is 0.320 e. The highest BCUT2D eigenvalue weighted by Gasteiger charge is 2.37. The number of phenols is 1. The first-order valence-electron chi connectivity index (χ1n) is 11.2. The van der Waals surface area contributed by atoms with Gasteiger partial charge in [0.25, 0.3) is 11.8 Å². The molecule has 0 saturated carbocycles. The van der Waals surface area contributed by atoms with Crippen LogP contribution in [-0.4, -0.2) is 57.4 Å². The summed E-state index contributed by atoms with van der Waals surface area (Å²) in [6.07, 6.45) is 0.337. The van der Waals surface area contributed by atoms with Crippen molar-refractivity contribution in [1.82, 2.24) is 15.5 Å². The number of aliphatic carboxylic acids is 1. The molecule has 0 radical (unpaired) electrons.